The number of hydrogen-bond acceptors (Lipinski definition) is 2. The SMILES string of the molecule is CC(c1cccc(F)c1)C(O)C(=O)O. The Hall–Kier alpha value is -1.42. The first-order valence-electron chi connectivity index (χ1n) is 4.18. The van der Waals surface area contributed by atoms with E-state index in [0.717, 1.165) is 0 Å². The number of rotatable bonds is 3. The Kier molecular flexibility index (Phi) is 3.19. The maximum Gasteiger partial charge on any atom is 0.333 e. The Morgan fingerprint density at radius 2 is 2.14 bits per heavy atom. The third-order valence-corrected chi connectivity index (χ3v) is 2.10. The summed E-state index contributed by atoms with van der Waals surface area (Å²) in [6, 6.07) is 5.55. The quantitative estimate of drug-likeness (QED) is 0.771. The first-order chi connectivity index (χ1) is 6.52. The molecule has 0 radical (unpaired) electrons. The molecule has 0 fully saturated rings. The highest BCUT2D eigenvalue weighted by molar-refractivity contribution is 5.73. The zero-order chi connectivity index (χ0) is 10.7. The molecule has 4 heteroatoms. The number of hydrogen-bond donors (Lipinski definition) is 2. The van der Waals surface area contributed by atoms with Crippen LogP contribution < -0.4 is 0 Å². The van der Waals surface area contributed by atoms with Gasteiger partial charge in [-0.1, -0.05) is 19.1 Å². The van der Waals surface area contributed by atoms with Crippen molar-refractivity contribution in [1.82, 2.24) is 0 Å². The summed E-state index contributed by atoms with van der Waals surface area (Å²) in [6.45, 7) is 1.54. The van der Waals surface area contributed by atoms with E-state index in [2.05, 4.69) is 0 Å². The molecular formula is C10H11FO3. The molecular weight excluding hydrogens is 187 g/mol. The lowest BCUT2D eigenvalue weighted by Crippen LogP contribution is -2.25. The number of aliphatic carboxylic acids is 1. The molecule has 1 aromatic carbocycles. The molecule has 0 saturated heterocycles. The number of carbonyl (C=O) groups is 1. The summed E-state index contributed by atoms with van der Waals surface area (Å²) in [4.78, 5) is 10.5. The number of carboxylic acids is 1. The van der Waals surface area contributed by atoms with Crippen LogP contribution in [0.4, 0.5) is 4.39 Å². The molecule has 1 aromatic rings. The van der Waals surface area contributed by atoms with E-state index < -0.39 is 23.8 Å². The molecule has 2 unspecified atom stereocenters. The molecule has 0 amide bonds. The van der Waals surface area contributed by atoms with Gasteiger partial charge in [0.25, 0.3) is 0 Å². The zero-order valence-electron chi connectivity index (χ0n) is 7.64. The second kappa shape index (κ2) is 4.19. The van der Waals surface area contributed by atoms with Crippen LogP contribution in [0.2, 0.25) is 0 Å². The van der Waals surface area contributed by atoms with Crippen molar-refractivity contribution in [3.05, 3.63) is 35.6 Å². The van der Waals surface area contributed by atoms with E-state index >= 15 is 0 Å². The molecule has 14 heavy (non-hydrogen) atoms. The van der Waals surface area contributed by atoms with Gasteiger partial charge >= 0.3 is 5.97 Å². The predicted octanol–water partition coefficient (Wildman–Crippen LogP) is 1.37. The monoisotopic (exact) mass is 198 g/mol. The van der Waals surface area contributed by atoms with Gasteiger partial charge in [-0.2, -0.15) is 0 Å². The Bertz CT molecular complexity index is 338. The van der Waals surface area contributed by atoms with Gasteiger partial charge in [-0.05, 0) is 17.7 Å². The smallest absolute Gasteiger partial charge is 0.333 e. The molecule has 2 N–H and O–H groups in total. The van der Waals surface area contributed by atoms with Gasteiger partial charge < -0.3 is 10.2 Å². The van der Waals surface area contributed by atoms with Crippen LogP contribution >= 0.6 is 0 Å². The van der Waals surface area contributed by atoms with E-state index in [9.17, 15) is 14.3 Å². The highest BCUT2D eigenvalue weighted by Gasteiger charge is 2.22. The lowest BCUT2D eigenvalue weighted by Gasteiger charge is -2.14. The third-order valence-electron chi connectivity index (χ3n) is 2.10. The van der Waals surface area contributed by atoms with Crippen molar-refractivity contribution in [3.8, 4) is 0 Å². The van der Waals surface area contributed by atoms with Gasteiger partial charge in [-0.25, -0.2) is 9.18 Å². The van der Waals surface area contributed by atoms with E-state index in [-0.39, 0.29) is 0 Å². The predicted molar refractivity (Wildman–Crippen MR) is 48.5 cm³/mol. The van der Waals surface area contributed by atoms with Crippen molar-refractivity contribution >= 4 is 5.97 Å². The van der Waals surface area contributed by atoms with Crippen LogP contribution in [-0.4, -0.2) is 22.3 Å². The number of aliphatic hydroxyl groups is 1. The van der Waals surface area contributed by atoms with Crippen molar-refractivity contribution in [3.63, 3.8) is 0 Å². The number of carboxylic acid groups (broad SMARTS) is 1. The van der Waals surface area contributed by atoms with Gasteiger partial charge in [0.1, 0.15) is 5.82 Å². The van der Waals surface area contributed by atoms with Crippen LogP contribution in [0.5, 0.6) is 0 Å². The van der Waals surface area contributed by atoms with Crippen molar-refractivity contribution in [2.75, 3.05) is 0 Å². The van der Waals surface area contributed by atoms with E-state index in [0.29, 0.717) is 5.56 Å². The average Bonchev–Trinajstić information content (AvgIpc) is 2.15. The summed E-state index contributed by atoms with van der Waals surface area (Å²) in [6.07, 6.45) is -1.50. The van der Waals surface area contributed by atoms with Crippen molar-refractivity contribution in [2.24, 2.45) is 0 Å². The van der Waals surface area contributed by atoms with Gasteiger partial charge in [0.05, 0.1) is 0 Å². The first kappa shape index (κ1) is 10.7. The van der Waals surface area contributed by atoms with Gasteiger partial charge in [0.2, 0.25) is 0 Å². The molecule has 0 aliphatic carbocycles. The van der Waals surface area contributed by atoms with Crippen molar-refractivity contribution in [1.29, 1.82) is 0 Å². The summed E-state index contributed by atoms with van der Waals surface area (Å²) >= 11 is 0. The Morgan fingerprint density at radius 1 is 1.50 bits per heavy atom. The largest absolute Gasteiger partial charge is 0.479 e. The van der Waals surface area contributed by atoms with Crippen molar-refractivity contribution < 1.29 is 19.4 Å². The first-order valence-corrected chi connectivity index (χ1v) is 4.18. The van der Waals surface area contributed by atoms with Crippen LogP contribution in [0.1, 0.15) is 18.4 Å². The summed E-state index contributed by atoms with van der Waals surface area (Å²) in [7, 11) is 0. The minimum absolute atomic E-state index is 0.438. The fourth-order valence-electron chi connectivity index (χ4n) is 1.19. The Morgan fingerprint density at radius 3 is 2.64 bits per heavy atom. The van der Waals surface area contributed by atoms with E-state index in [1.807, 2.05) is 0 Å². The minimum Gasteiger partial charge on any atom is -0.479 e. The van der Waals surface area contributed by atoms with E-state index in [1.165, 1.54) is 25.1 Å². The summed E-state index contributed by atoms with van der Waals surface area (Å²) in [5.41, 5.74) is 0.472. The Balaban J connectivity index is 2.89. The lowest BCUT2D eigenvalue weighted by atomic mass is 9.95. The normalized spacial score (nSPS) is 14.8. The fraction of sp³-hybridized carbons (Fsp3) is 0.300. The number of benzene rings is 1. The topological polar surface area (TPSA) is 57.5 Å². The molecule has 76 valence electrons. The highest BCUT2D eigenvalue weighted by atomic mass is 19.1. The van der Waals surface area contributed by atoms with Crippen LogP contribution in [0.25, 0.3) is 0 Å². The lowest BCUT2D eigenvalue weighted by molar-refractivity contribution is -0.147. The molecule has 3 nitrogen and oxygen atoms in total. The molecule has 0 aromatic heterocycles. The second-order valence-electron chi connectivity index (χ2n) is 3.13. The standard InChI is InChI=1S/C10H11FO3/c1-6(9(12)10(13)14)7-3-2-4-8(11)5-7/h2-6,9,12H,1H3,(H,13,14). The summed E-state index contributed by atoms with van der Waals surface area (Å²) in [5, 5.41) is 17.8. The maximum absolute atomic E-state index is 12.8. The molecule has 2 atom stereocenters. The third kappa shape index (κ3) is 2.29. The second-order valence-corrected chi connectivity index (χ2v) is 3.13. The van der Waals surface area contributed by atoms with Crippen LogP contribution in [-0.2, 0) is 4.79 Å². The minimum atomic E-state index is -1.50. The number of aliphatic hydroxyl groups excluding tert-OH is 1. The number of halogens is 1. The van der Waals surface area contributed by atoms with E-state index in [4.69, 9.17) is 5.11 Å². The van der Waals surface area contributed by atoms with Gasteiger partial charge in [0.15, 0.2) is 6.10 Å². The molecule has 0 spiro atoms. The summed E-state index contributed by atoms with van der Waals surface area (Å²) < 4.78 is 12.8. The maximum atomic E-state index is 12.8. The average molecular weight is 198 g/mol. The van der Waals surface area contributed by atoms with Gasteiger partial charge in [-0.3, -0.25) is 0 Å². The molecule has 0 bridgehead atoms. The van der Waals surface area contributed by atoms with Gasteiger partial charge in [-0.15, -0.1) is 0 Å². The van der Waals surface area contributed by atoms with Crippen LogP contribution in [0, 0.1) is 5.82 Å². The van der Waals surface area contributed by atoms with Crippen LogP contribution in [0.15, 0.2) is 24.3 Å². The molecule has 0 aliphatic rings. The van der Waals surface area contributed by atoms with Crippen molar-refractivity contribution in [2.45, 2.75) is 18.9 Å². The zero-order valence-corrected chi connectivity index (χ0v) is 7.64. The molecule has 0 heterocycles. The Labute approximate surface area is 80.8 Å². The van der Waals surface area contributed by atoms with Crippen LogP contribution in [0.3, 0.4) is 0 Å². The highest BCUT2D eigenvalue weighted by Crippen LogP contribution is 2.19. The molecule has 0 aliphatic heterocycles. The molecule has 0 saturated carbocycles. The molecule has 1 rings (SSSR count). The van der Waals surface area contributed by atoms with E-state index in [1.54, 1.807) is 6.07 Å². The fourth-order valence-corrected chi connectivity index (χ4v) is 1.19. The summed E-state index contributed by atoms with van der Waals surface area (Å²) in [5.74, 6) is -2.36. The van der Waals surface area contributed by atoms with Gasteiger partial charge in [0, 0.05) is 5.92 Å².